The third-order valence-electron chi connectivity index (χ3n) is 3.22. The molecule has 1 unspecified atom stereocenters. The Bertz CT molecular complexity index is 231. The van der Waals surface area contributed by atoms with Gasteiger partial charge in [0.25, 0.3) is 0 Å². The highest BCUT2D eigenvalue weighted by molar-refractivity contribution is 5.76. The zero-order chi connectivity index (χ0) is 12.2. The number of rotatable bonds is 4. The van der Waals surface area contributed by atoms with Crippen LogP contribution < -0.4 is 0 Å². The number of hydrogen-bond acceptors (Lipinski definition) is 4. The summed E-state index contributed by atoms with van der Waals surface area (Å²) in [6, 6.07) is 0. The first-order valence-electron chi connectivity index (χ1n) is 5.84. The van der Waals surface area contributed by atoms with E-state index in [0.29, 0.717) is 0 Å². The van der Waals surface area contributed by atoms with Crippen LogP contribution in [0.1, 0.15) is 40.0 Å². The molecule has 0 saturated carbocycles. The summed E-state index contributed by atoms with van der Waals surface area (Å²) < 4.78 is 16.0. The molecule has 1 aliphatic heterocycles. The van der Waals surface area contributed by atoms with Crippen LogP contribution in [0, 0.1) is 5.41 Å². The van der Waals surface area contributed by atoms with E-state index in [1.807, 2.05) is 20.8 Å². The van der Waals surface area contributed by atoms with Crippen LogP contribution in [-0.4, -0.2) is 32.1 Å². The van der Waals surface area contributed by atoms with Gasteiger partial charge in [-0.15, -0.1) is 0 Å². The first-order valence-corrected chi connectivity index (χ1v) is 5.84. The first kappa shape index (κ1) is 13.5. The van der Waals surface area contributed by atoms with E-state index < -0.39 is 5.41 Å². The number of esters is 1. The monoisotopic (exact) mass is 230 g/mol. The second-order valence-corrected chi connectivity index (χ2v) is 4.79. The van der Waals surface area contributed by atoms with Crippen molar-refractivity contribution >= 4 is 5.97 Å². The average molecular weight is 230 g/mol. The van der Waals surface area contributed by atoms with E-state index in [1.54, 1.807) is 0 Å². The van der Waals surface area contributed by atoms with E-state index in [9.17, 15) is 4.79 Å². The summed E-state index contributed by atoms with van der Waals surface area (Å²) in [5.41, 5.74) is -0.643. The SMILES string of the molecule is COC(=O)C(C)(C)[C@@H](C)OC1CCCCO1. The van der Waals surface area contributed by atoms with Crippen molar-refractivity contribution in [2.45, 2.75) is 52.4 Å². The lowest BCUT2D eigenvalue weighted by atomic mass is 9.87. The largest absolute Gasteiger partial charge is 0.469 e. The van der Waals surface area contributed by atoms with Crippen LogP contribution in [0.5, 0.6) is 0 Å². The standard InChI is InChI=1S/C12H22O4/c1-9(12(2,3)11(13)14-4)16-10-7-5-6-8-15-10/h9-10H,5-8H2,1-4H3/t9-,10?/m1/s1. The third-order valence-corrected chi connectivity index (χ3v) is 3.22. The van der Waals surface area contributed by atoms with Crippen LogP contribution in [0.15, 0.2) is 0 Å². The summed E-state index contributed by atoms with van der Waals surface area (Å²) in [6.07, 6.45) is 2.72. The quantitative estimate of drug-likeness (QED) is 0.694. The predicted octanol–water partition coefficient (Wildman–Crippen LogP) is 2.12. The molecule has 0 aromatic rings. The smallest absolute Gasteiger partial charge is 0.313 e. The van der Waals surface area contributed by atoms with Gasteiger partial charge in [-0.1, -0.05) is 0 Å². The molecule has 0 aromatic heterocycles. The van der Waals surface area contributed by atoms with E-state index in [1.165, 1.54) is 7.11 Å². The number of hydrogen-bond donors (Lipinski definition) is 0. The van der Waals surface area contributed by atoms with E-state index in [2.05, 4.69) is 0 Å². The molecule has 0 N–H and O–H groups in total. The van der Waals surface area contributed by atoms with Gasteiger partial charge >= 0.3 is 5.97 Å². The maximum atomic E-state index is 11.6. The minimum atomic E-state index is -0.643. The van der Waals surface area contributed by atoms with Crippen LogP contribution in [0.3, 0.4) is 0 Å². The van der Waals surface area contributed by atoms with Gasteiger partial charge in [-0.05, 0) is 40.0 Å². The molecule has 1 fully saturated rings. The molecule has 94 valence electrons. The molecule has 4 heteroatoms. The van der Waals surface area contributed by atoms with Gasteiger partial charge in [0, 0.05) is 6.61 Å². The van der Waals surface area contributed by atoms with Crippen molar-refractivity contribution in [1.82, 2.24) is 0 Å². The van der Waals surface area contributed by atoms with Gasteiger partial charge < -0.3 is 14.2 Å². The second kappa shape index (κ2) is 5.64. The van der Waals surface area contributed by atoms with E-state index in [4.69, 9.17) is 14.2 Å². The van der Waals surface area contributed by atoms with Crippen LogP contribution in [0.4, 0.5) is 0 Å². The molecule has 1 heterocycles. The number of ether oxygens (including phenoxy) is 3. The van der Waals surface area contributed by atoms with Gasteiger partial charge in [0.1, 0.15) is 0 Å². The Hall–Kier alpha value is -0.610. The summed E-state index contributed by atoms with van der Waals surface area (Å²) in [7, 11) is 1.40. The fraction of sp³-hybridized carbons (Fsp3) is 0.917. The molecular weight excluding hydrogens is 208 g/mol. The van der Waals surface area contributed by atoms with Crippen molar-refractivity contribution in [2.24, 2.45) is 5.41 Å². The number of methoxy groups -OCH3 is 1. The maximum absolute atomic E-state index is 11.6. The molecule has 1 rings (SSSR count). The van der Waals surface area contributed by atoms with Gasteiger partial charge in [-0.25, -0.2) is 0 Å². The Balaban J connectivity index is 2.49. The van der Waals surface area contributed by atoms with Crippen LogP contribution in [0.25, 0.3) is 0 Å². The molecule has 0 aromatic carbocycles. The zero-order valence-electron chi connectivity index (χ0n) is 10.6. The van der Waals surface area contributed by atoms with E-state index in [-0.39, 0.29) is 18.4 Å². The summed E-state index contributed by atoms with van der Waals surface area (Å²) in [5.74, 6) is -0.254. The first-order chi connectivity index (χ1) is 7.48. The lowest BCUT2D eigenvalue weighted by Gasteiger charge is -2.33. The molecule has 0 radical (unpaired) electrons. The average Bonchev–Trinajstić information content (AvgIpc) is 2.29. The molecule has 0 spiro atoms. The van der Waals surface area contributed by atoms with Gasteiger partial charge in [0.2, 0.25) is 0 Å². The van der Waals surface area contributed by atoms with Crippen molar-refractivity contribution in [3.05, 3.63) is 0 Å². The summed E-state index contributed by atoms with van der Waals surface area (Å²) in [4.78, 5) is 11.6. The predicted molar refractivity (Wildman–Crippen MR) is 59.9 cm³/mol. The van der Waals surface area contributed by atoms with Crippen molar-refractivity contribution in [1.29, 1.82) is 0 Å². The topological polar surface area (TPSA) is 44.8 Å². The highest BCUT2D eigenvalue weighted by atomic mass is 16.7. The van der Waals surface area contributed by atoms with Crippen molar-refractivity contribution in [2.75, 3.05) is 13.7 Å². The molecule has 1 saturated heterocycles. The molecular formula is C12H22O4. The number of carbonyl (C=O) groups is 1. The molecule has 1 aliphatic rings. The highest BCUT2D eigenvalue weighted by Gasteiger charge is 2.37. The fourth-order valence-electron chi connectivity index (χ4n) is 1.65. The molecule has 2 atom stereocenters. The van der Waals surface area contributed by atoms with Crippen LogP contribution >= 0.6 is 0 Å². The van der Waals surface area contributed by atoms with Crippen molar-refractivity contribution < 1.29 is 19.0 Å². The van der Waals surface area contributed by atoms with Crippen molar-refractivity contribution in [3.63, 3.8) is 0 Å². The van der Waals surface area contributed by atoms with Gasteiger partial charge in [-0.2, -0.15) is 0 Å². The second-order valence-electron chi connectivity index (χ2n) is 4.79. The van der Waals surface area contributed by atoms with E-state index in [0.717, 1.165) is 25.9 Å². The molecule has 0 amide bonds. The lowest BCUT2D eigenvalue weighted by molar-refractivity contribution is -0.210. The summed E-state index contributed by atoms with van der Waals surface area (Å²) in [5, 5.41) is 0. The third kappa shape index (κ3) is 3.19. The minimum absolute atomic E-state index is 0.173. The Labute approximate surface area is 97.2 Å². The summed E-state index contributed by atoms with van der Waals surface area (Å²) in [6.45, 7) is 6.28. The van der Waals surface area contributed by atoms with Gasteiger partial charge in [0.05, 0.1) is 18.6 Å². The Morgan fingerprint density at radius 1 is 1.44 bits per heavy atom. The maximum Gasteiger partial charge on any atom is 0.313 e. The molecule has 4 nitrogen and oxygen atoms in total. The van der Waals surface area contributed by atoms with E-state index >= 15 is 0 Å². The normalized spacial score (nSPS) is 23.9. The van der Waals surface area contributed by atoms with Crippen molar-refractivity contribution in [3.8, 4) is 0 Å². The number of carbonyl (C=O) groups excluding carboxylic acids is 1. The Morgan fingerprint density at radius 2 is 2.12 bits per heavy atom. The zero-order valence-corrected chi connectivity index (χ0v) is 10.6. The Kier molecular flexibility index (Phi) is 4.74. The van der Waals surface area contributed by atoms with Crippen LogP contribution in [-0.2, 0) is 19.0 Å². The van der Waals surface area contributed by atoms with Crippen LogP contribution in [0.2, 0.25) is 0 Å². The van der Waals surface area contributed by atoms with Gasteiger partial charge in [0.15, 0.2) is 6.29 Å². The molecule has 0 aliphatic carbocycles. The van der Waals surface area contributed by atoms with Gasteiger partial charge in [-0.3, -0.25) is 4.79 Å². The minimum Gasteiger partial charge on any atom is -0.469 e. The highest BCUT2D eigenvalue weighted by Crippen LogP contribution is 2.27. The molecule has 16 heavy (non-hydrogen) atoms. The fourth-order valence-corrected chi connectivity index (χ4v) is 1.65. The lowest BCUT2D eigenvalue weighted by Crippen LogP contribution is -2.41. The Morgan fingerprint density at radius 3 is 2.62 bits per heavy atom. The summed E-state index contributed by atoms with van der Waals surface area (Å²) >= 11 is 0. The molecule has 0 bridgehead atoms.